The average molecular weight is 582 g/mol. The Labute approximate surface area is 252 Å². The van der Waals surface area contributed by atoms with Gasteiger partial charge in [-0.1, -0.05) is 107 Å². The largest absolute Gasteiger partial charge is 0.414 e. The zero-order valence-corrected chi connectivity index (χ0v) is 25.2. The lowest BCUT2D eigenvalue weighted by molar-refractivity contribution is -0.0984. The minimum absolute atomic E-state index is 0.0186. The second kappa shape index (κ2) is 9.87. The summed E-state index contributed by atoms with van der Waals surface area (Å²) in [5.41, 5.74) is 5.84. The van der Waals surface area contributed by atoms with Crippen molar-refractivity contribution in [1.29, 1.82) is 0 Å². The van der Waals surface area contributed by atoms with Crippen LogP contribution in [0, 0.1) is 17.3 Å². The number of benzene rings is 3. The van der Waals surface area contributed by atoms with Crippen molar-refractivity contribution in [1.82, 2.24) is 0 Å². The summed E-state index contributed by atoms with van der Waals surface area (Å²) in [7, 11) is 0. The lowest BCUT2D eigenvalue weighted by Crippen LogP contribution is -2.53. The molecule has 3 nitrogen and oxygen atoms in total. The van der Waals surface area contributed by atoms with E-state index < -0.39 is 17.7 Å². The van der Waals surface area contributed by atoms with Gasteiger partial charge < -0.3 is 9.80 Å². The van der Waals surface area contributed by atoms with Crippen molar-refractivity contribution in [2.45, 2.75) is 71.1 Å². The Kier molecular flexibility index (Phi) is 6.42. The molecular weight excluding hydrogens is 543 g/mol. The number of fused-ring (bicyclic) bond motifs is 8. The minimum atomic E-state index is -4.43. The van der Waals surface area contributed by atoms with Crippen LogP contribution in [0.15, 0.2) is 107 Å². The van der Waals surface area contributed by atoms with Crippen molar-refractivity contribution in [2.24, 2.45) is 22.2 Å². The zero-order valence-electron chi connectivity index (χ0n) is 25.2. The molecule has 7 rings (SSSR count). The lowest BCUT2D eigenvalue weighted by atomic mass is 9.76. The Morgan fingerprint density at radius 3 is 2.19 bits per heavy atom. The Balaban J connectivity index is 1.56. The van der Waals surface area contributed by atoms with E-state index in [-0.39, 0.29) is 23.4 Å². The number of alkyl halides is 3. The van der Waals surface area contributed by atoms with Gasteiger partial charge in [0.2, 0.25) is 0 Å². The van der Waals surface area contributed by atoms with Crippen LogP contribution in [0.4, 0.5) is 24.5 Å². The molecule has 2 fully saturated rings. The Bertz CT molecular complexity index is 1650. The van der Waals surface area contributed by atoms with Gasteiger partial charge in [0.05, 0.1) is 17.0 Å². The van der Waals surface area contributed by atoms with Crippen LogP contribution in [0.25, 0.3) is 11.1 Å². The third-order valence-electron chi connectivity index (χ3n) is 10.9. The molecule has 1 aliphatic carbocycles. The minimum Gasteiger partial charge on any atom is -0.316 e. The van der Waals surface area contributed by atoms with Crippen LogP contribution >= 0.6 is 0 Å². The van der Waals surface area contributed by atoms with Gasteiger partial charge in [0.15, 0.2) is 5.84 Å². The van der Waals surface area contributed by atoms with Gasteiger partial charge in [-0.25, -0.2) is 4.99 Å². The Hall–Kier alpha value is -3.80. The maximum Gasteiger partial charge on any atom is 0.414 e. The first-order valence-electron chi connectivity index (χ1n) is 15.6. The monoisotopic (exact) mass is 581 g/mol. The van der Waals surface area contributed by atoms with E-state index in [4.69, 9.17) is 4.99 Å². The number of aliphatic imine (C=N–C) groups is 1. The molecular formula is C37H38F3N3. The van der Waals surface area contributed by atoms with E-state index >= 15 is 0 Å². The van der Waals surface area contributed by atoms with E-state index in [9.17, 15) is 13.2 Å². The van der Waals surface area contributed by atoms with E-state index in [1.165, 1.54) is 5.56 Å². The molecule has 3 aromatic carbocycles. The van der Waals surface area contributed by atoms with E-state index in [1.807, 2.05) is 18.2 Å². The number of anilines is 2. The Morgan fingerprint density at radius 1 is 0.837 bits per heavy atom. The second-order valence-corrected chi connectivity index (χ2v) is 12.5. The van der Waals surface area contributed by atoms with Gasteiger partial charge in [-0.05, 0) is 54.4 Å². The maximum atomic E-state index is 14.2. The fraction of sp³-hybridized carbons (Fsp3) is 0.378. The highest BCUT2D eigenvalue weighted by atomic mass is 19.4. The molecule has 5 atom stereocenters. The fourth-order valence-corrected chi connectivity index (χ4v) is 9.30. The van der Waals surface area contributed by atoms with E-state index in [0.717, 1.165) is 53.7 Å². The predicted octanol–water partition coefficient (Wildman–Crippen LogP) is 9.87. The number of nitrogens with zero attached hydrogens (tertiary/aromatic N) is 3. The molecule has 0 N–H and O–H groups in total. The van der Waals surface area contributed by atoms with Crippen LogP contribution in [0.3, 0.4) is 0 Å². The first-order valence-corrected chi connectivity index (χ1v) is 15.6. The molecule has 3 heterocycles. The van der Waals surface area contributed by atoms with Crippen LogP contribution in [-0.4, -0.2) is 18.2 Å². The van der Waals surface area contributed by atoms with Crippen molar-refractivity contribution >= 4 is 17.2 Å². The molecule has 0 radical (unpaired) electrons. The molecule has 0 aromatic heterocycles. The molecule has 222 valence electrons. The summed E-state index contributed by atoms with van der Waals surface area (Å²) in [4.78, 5) is 9.51. The highest BCUT2D eigenvalue weighted by Gasteiger charge is 2.82. The maximum absolute atomic E-state index is 14.2. The molecule has 4 aliphatic rings. The van der Waals surface area contributed by atoms with Gasteiger partial charge in [0.1, 0.15) is 6.17 Å². The molecule has 5 unspecified atom stereocenters. The van der Waals surface area contributed by atoms with Gasteiger partial charge >= 0.3 is 6.18 Å². The van der Waals surface area contributed by atoms with Crippen LogP contribution < -0.4 is 9.80 Å². The standard InChI is InChI=1S/C37H38F3N3/c1-5-32-35(6-2)27-18-12-14-20-30(27)43-33-31(22-21-24(4)28(23-41-33)37(38,39)40)42(34(43)36(32,35)7-3)29-19-13-11-17-26(29)25-15-9-8-10-16-25/h8-20,22-24,32,34H,5-7,21H2,1-4H3. The molecule has 0 spiro atoms. The third kappa shape index (κ3) is 3.64. The SMILES string of the molecule is CCC1C2(CC)c3ccccc3N3C4=NC=C(C(F)(F)F)C(C)CC=C4N(c4ccccc4-c4ccccc4)C3C12CC. The number of amidine groups is 1. The normalized spacial score (nSPS) is 29.3. The summed E-state index contributed by atoms with van der Waals surface area (Å²) in [6, 6.07) is 27.4. The van der Waals surface area contributed by atoms with Crippen LogP contribution in [0.5, 0.6) is 0 Å². The van der Waals surface area contributed by atoms with Crippen molar-refractivity contribution < 1.29 is 13.2 Å². The van der Waals surface area contributed by atoms with Gasteiger partial charge in [0, 0.05) is 28.3 Å². The molecule has 3 aliphatic heterocycles. The number of rotatable bonds is 5. The summed E-state index contributed by atoms with van der Waals surface area (Å²) in [5.74, 6) is 0.338. The zero-order chi connectivity index (χ0) is 30.1. The predicted molar refractivity (Wildman–Crippen MR) is 169 cm³/mol. The highest BCUT2D eigenvalue weighted by Crippen LogP contribution is 2.81. The second-order valence-electron chi connectivity index (χ2n) is 12.5. The van der Waals surface area contributed by atoms with Gasteiger partial charge in [-0.2, -0.15) is 13.2 Å². The van der Waals surface area contributed by atoms with E-state index in [1.54, 1.807) is 6.92 Å². The van der Waals surface area contributed by atoms with Gasteiger partial charge in [-0.15, -0.1) is 0 Å². The van der Waals surface area contributed by atoms with Crippen molar-refractivity contribution in [3.8, 4) is 11.1 Å². The summed E-state index contributed by atoms with van der Waals surface area (Å²) >= 11 is 0. The van der Waals surface area contributed by atoms with Crippen molar-refractivity contribution in [3.63, 3.8) is 0 Å². The first kappa shape index (κ1) is 28.0. The summed E-state index contributed by atoms with van der Waals surface area (Å²) in [6.07, 6.45) is 1.85. The summed E-state index contributed by atoms with van der Waals surface area (Å²) in [5, 5.41) is 0. The van der Waals surface area contributed by atoms with E-state index in [2.05, 4.69) is 97.3 Å². The first-order chi connectivity index (χ1) is 20.8. The highest BCUT2D eigenvalue weighted by molar-refractivity contribution is 6.18. The number of halogens is 3. The molecule has 1 saturated carbocycles. The smallest absolute Gasteiger partial charge is 0.316 e. The quantitative estimate of drug-likeness (QED) is 0.299. The lowest BCUT2D eigenvalue weighted by Gasteiger charge is -2.46. The Morgan fingerprint density at radius 2 is 1.51 bits per heavy atom. The van der Waals surface area contributed by atoms with Crippen LogP contribution in [-0.2, 0) is 5.41 Å². The van der Waals surface area contributed by atoms with Crippen LogP contribution in [0.1, 0.15) is 58.9 Å². The molecule has 1 saturated heterocycles. The summed E-state index contributed by atoms with van der Waals surface area (Å²) < 4.78 is 42.6. The topological polar surface area (TPSA) is 18.8 Å². The number of hydrogen-bond acceptors (Lipinski definition) is 3. The molecule has 3 aromatic rings. The van der Waals surface area contributed by atoms with Crippen molar-refractivity contribution in [3.05, 3.63) is 108 Å². The average Bonchev–Trinajstić information content (AvgIpc) is 3.51. The van der Waals surface area contributed by atoms with E-state index in [0.29, 0.717) is 11.8 Å². The molecule has 0 amide bonds. The van der Waals surface area contributed by atoms with Crippen molar-refractivity contribution in [2.75, 3.05) is 9.80 Å². The molecule has 0 bridgehead atoms. The number of para-hydroxylation sites is 2. The molecule has 43 heavy (non-hydrogen) atoms. The van der Waals surface area contributed by atoms with Crippen LogP contribution in [0.2, 0.25) is 0 Å². The third-order valence-corrected chi connectivity index (χ3v) is 10.9. The van der Waals surface area contributed by atoms with Gasteiger partial charge in [0.25, 0.3) is 0 Å². The number of hydrogen-bond donors (Lipinski definition) is 0. The van der Waals surface area contributed by atoms with Gasteiger partial charge in [-0.3, -0.25) is 0 Å². The molecule has 6 heteroatoms. The number of allylic oxidation sites excluding steroid dienone is 2. The fourth-order valence-electron chi connectivity index (χ4n) is 9.30. The summed E-state index contributed by atoms with van der Waals surface area (Å²) in [6.45, 7) is 8.56.